The molecule has 2 aromatic rings. The molecular formula is C20H21NO6S. The Morgan fingerprint density at radius 2 is 1.89 bits per heavy atom. The lowest BCUT2D eigenvalue weighted by Crippen LogP contribution is -2.20. The fourth-order valence-electron chi connectivity index (χ4n) is 3.88. The molecule has 1 aliphatic carbocycles. The number of phenolic OH excluding ortho intramolecular Hbond substituents is 1. The highest BCUT2D eigenvalue weighted by Gasteiger charge is 2.43. The van der Waals surface area contributed by atoms with Crippen molar-refractivity contribution >= 4 is 10.1 Å². The van der Waals surface area contributed by atoms with Gasteiger partial charge < -0.3 is 14.9 Å². The Bertz CT molecular complexity index is 967. The van der Waals surface area contributed by atoms with Crippen molar-refractivity contribution in [3.63, 3.8) is 0 Å². The van der Waals surface area contributed by atoms with E-state index in [0.717, 1.165) is 11.1 Å². The second-order valence-corrected chi connectivity index (χ2v) is 8.41. The smallest absolute Gasteiger partial charge is 0.300 e. The van der Waals surface area contributed by atoms with E-state index in [9.17, 15) is 23.9 Å². The van der Waals surface area contributed by atoms with Gasteiger partial charge in [0.2, 0.25) is 5.94 Å². The van der Waals surface area contributed by atoms with Crippen LogP contribution in [0.1, 0.15) is 23.5 Å². The van der Waals surface area contributed by atoms with Crippen LogP contribution in [0.15, 0.2) is 48.5 Å². The second kappa shape index (κ2) is 8.19. The largest absolute Gasteiger partial charge is 0.508 e. The van der Waals surface area contributed by atoms with Crippen molar-refractivity contribution in [2.75, 3.05) is 5.94 Å². The Morgan fingerprint density at radius 1 is 1.18 bits per heavy atom. The Kier molecular flexibility index (Phi) is 5.89. The first-order chi connectivity index (χ1) is 13.3. The van der Waals surface area contributed by atoms with Crippen molar-refractivity contribution in [1.29, 1.82) is 5.26 Å². The van der Waals surface area contributed by atoms with Gasteiger partial charge in [-0.2, -0.15) is 13.7 Å². The minimum atomic E-state index is -4.24. The number of aliphatic hydroxyl groups excluding tert-OH is 1. The zero-order chi connectivity index (χ0) is 20.3. The van der Waals surface area contributed by atoms with Crippen LogP contribution < -0.4 is 4.74 Å². The maximum atomic E-state index is 10.9. The summed E-state index contributed by atoms with van der Waals surface area (Å²) in [7, 11) is -4.24. The summed E-state index contributed by atoms with van der Waals surface area (Å²) in [5.41, 5.74) is 1.68. The van der Waals surface area contributed by atoms with Gasteiger partial charge in [-0.3, -0.25) is 4.55 Å². The maximum absolute atomic E-state index is 10.9. The van der Waals surface area contributed by atoms with Gasteiger partial charge in [0.25, 0.3) is 0 Å². The van der Waals surface area contributed by atoms with Crippen molar-refractivity contribution in [3.05, 3.63) is 59.7 Å². The number of rotatable bonds is 6. The van der Waals surface area contributed by atoms with E-state index in [4.69, 9.17) is 9.29 Å². The molecule has 0 aromatic heterocycles. The van der Waals surface area contributed by atoms with E-state index in [-0.39, 0.29) is 23.5 Å². The highest BCUT2D eigenvalue weighted by atomic mass is 32.2. The molecule has 1 saturated carbocycles. The molecule has 0 aliphatic heterocycles. The van der Waals surface area contributed by atoms with Crippen LogP contribution in [0.2, 0.25) is 0 Å². The lowest BCUT2D eigenvalue weighted by molar-refractivity contribution is 0.154. The van der Waals surface area contributed by atoms with Gasteiger partial charge in [-0.15, -0.1) is 0 Å². The van der Waals surface area contributed by atoms with Gasteiger partial charge in [0, 0.05) is 5.92 Å². The Hall–Kier alpha value is -2.60. The average Bonchev–Trinajstić information content (AvgIpc) is 2.96. The second-order valence-electron chi connectivity index (χ2n) is 7.02. The number of phenols is 1. The number of aromatic hydroxyl groups is 1. The fraction of sp³-hybridized carbons (Fsp3) is 0.350. The molecule has 0 saturated heterocycles. The normalized spacial score (nSPS) is 24.6. The van der Waals surface area contributed by atoms with E-state index in [1.54, 1.807) is 42.5 Å². The molecule has 0 bridgehead atoms. The van der Waals surface area contributed by atoms with Crippen LogP contribution in [0.4, 0.5) is 0 Å². The zero-order valence-electron chi connectivity index (χ0n) is 15.0. The molecule has 28 heavy (non-hydrogen) atoms. The minimum absolute atomic E-state index is 0.133. The molecule has 1 aliphatic rings. The van der Waals surface area contributed by atoms with E-state index in [1.165, 1.54) is 0 Å². The maximum Gasteiger partial charge on any atom is 0.300 e. The summed E-state index contributed by atoms with van der Waals surface area (Å²) < 4.78 is 35.6. The Morgan fingerprint density at radius 3 is 2.54 bits per heavy atom. The number of benzene rings is 2. The Labute approximate surface area is 163 Å². The first kappa shape index (κ1) is 20.1. The first-order valence-electron chi connectivity index (χ1n) is 8.80. The van der Waals surface area contributed by atoms with Gasteiger partial charge in [-0.25, -0.2) is 0 Å². The zero-order valence-corrected chi connectivity index (χ0v) is 15.8. The molecule has 0 heterocycles. The predicted molar refractivity (Wildman–Crippen MR) is 101 cm³/mol. The van der Waals surface area contributed by atoms with Crippen molar-refractivity contribution in [3.8, 4) is 17.6 Å². The van der Waals surface area contributed by atoms with Crippen LogP contribution in [-0.4, -0.2) is 35.2 Å². The van der Waals surface area contributed by atoms with E-state index in [1.807, 2.05) is 6.07 Å². The lowest BCUT2D eigenvalue weighted by atomic mass is 9.80. The number of nitrogens with zero attached hydrogens (tertiary/aromatic N) is 1. The lowest BCUT2D eigenvalue weighted by Gasteiger charge is -2.24. The van der Waals surface area contributed by atoms with E-state index in [0.29, 0.717) is 18.6 Å². The third-order valence-electron chi connectivity index (χ3n) is 5.08. The van der Waals surface area contributed by atoms with Gasteiger partial charge in [0.15, 0.2) is 0 Å². The molecule has 7 nitrogen and oxygen atoms in total. The van der Waals surface area contributed by atoms with Crippen LogP contribution in [0.3, 0.4) is 0 Å². The molecule has 3 N–H and O–H groups in total. The van der Waals surface area contributed by atoms with Crippen molar-refractivity contribution in [2.45, 2.75) is 24.9 Å². The molecule has 148 valence electrons. The first-order valence-corrected chi connectivity index (χ1v) is 10.4. The van der Waals surface area contributed by atoms with Gasteiger partial charge in [0.1, 0.15) is 11.5 Å². The SMILES string of the molecule is N#C[C@@H]1C[C@@H](O)C(c2ccc(O)cc2)C1Cc1cccc(OCS(=O)(=O)O)c1. The van der Waals surface area contributed by atoms with Crippen molar-refractivity contribution < 1.29 is 27.9 Å². The van der Waals surface area contributed by atoms with Crippen LogP contribution in [-0.2, 0) is 16.5 Å². The van der Waals surface area contributed by atoms with E-state index in [2.05, 4.69) is 6.07 Å². The average molecular weight is 403 g/mol. The fourth-order valence-corrected chi connectivity index (χ4v) is 4.16. The van der Waals surface area contributed by atoms with Gasteiger partial charge in [-0.1, -0.05) is 24.3 Å². The summed E-state index contributed by atoms with van der Waals surface area (Å²) in [6.45, 7) is 0. The van der Waals surface area contributed by atoms with Crippen molar-refractivity contribution in [1.82, 2.24) is 0 Å². The summed E-state index contributed by atoms with van der Waals surface area (Å²) in [5, 5.41) is 29.6. The van der Waals surface area contributed by atoms with E-state index >= 15 is 0 Å². The molecule has 4 atom stereocenters. The highest BCUT2D eigenvalue weighted by molar-refractivity contribution is 7.85. The van der Waals surface area contributed by atoms with E-state index < -0.39 is 22.2 Å². The molecule has 2 unspecified atom stereocenters. The summed E-state index contributed by atoms with van der Waals surface area (Å²) in [6.07, 6.45) is 0.188. The highest BCUT2D eigenvalue weighted by Crippen LogP contribution is 2.45. The number of ether oxygens (including phenoxy) is 1. The third-order valence-corrected chi connectivity index (χ3v) is 5.49. The molecule has 8 heteroatoms. The number of hydrogen-bond donors (Lipinski definition) is 3. The van der Waals surface area contributed by atoms with Crippen LogP contribution in [0, 0.1) is 23.2 Å². The molecule has 0 amide bonds. The summed E-state index contributed by atoms with van der Waals surface area (Å²) >= 11 is 0. The molecular weight excluding hydrogens is 382 g/mol. The van der Waals surface area contributed by atoms with Crippen LogP contribution in [0.5, 0.6) is 11.5 Å². The standard InChI is InChI=1S/C20H21NO6S/c21-11-15-10-19(23)20(14-4-6-16(22)7-5-14)18(15)9-13-2-1-3-17(8-13)27-12-28(24,25)26/h1-8,15,18-20,22-23H,9-10,12H2,(H,24,25,26)/t15-,18?,19+,20?/m0/s1. The monoisotopic (exact) mass is 403 g/mol. The third kappa shape index (κ3) is 4.81. The van der Waals surface area contributed by atoms with Gasteiger partial charge in [-0.05, 0) is 54.2 Å². The summed E-state index contributed by atoms with van der Waals surface area (Å²) in [6, 6.07) is 15.7. The Balaban J connectivity index is 1.83. The molecule has 0 radical (unpaired) electrons. The summed E-state index contributed by atoms with van der Waals surface area (Å²) in [4.78, 5) is 0. The quantitative estimate of drug-likeness (QED) is 0.632. The molecule has 3 rings (SSSR count). The topological polar surface area (TPSA) is 128 Å². The van der Waals surface area contributed by atoms with Crippen LogP contribution in [0.25, 0.3) is 0 Å². The minimum Gasteiger partial charge on any atom is -0.508 e. The number of nitriles is 1. The van der Waals surface area contributed by atoms with Crippen LogP contribution >= 0.6 is 0 Å². The molecule has 1 fully saturated rings. The predicted octanol–water partition coefficient (Wildman–Crippen LogP) is 2.46. The van der Waals surface area contributed by atoms with Gasteiger partial charge >= 0.3 is 10.1 Å². The number of aliphatic hydroxyl groups is 1. The molecule has 2 aromatic carbocycles. The van der Waals surface area contributed by atoms with Gasteiger partial charge in [0.05, 0.1) is 18.1 Å². The number of hydrogen-bond acceptors (Lipinski definition) is 6. The molecule has 0 spiro atoms. The van der Waals surface area contributed by atoms with Crippen molar-refractivity contribution in [2.24, 2.45) is 11.8 Å². The summed E-state index contributed by atoms with van der Waals surface area (Å²) in [5.74, 6) is -1.16.